The van der Waals surface area contributed by atoms with Gasteiger partial charge in [-0.25, -0.2) is 4.68 Å². The maximum atomic E-state index is 13.0. The number of halogens is 1. The van der Waals surface area contributed by atoms with Crippen LogP contribution < -0.4 is 5.73 Å². The molecule has 1 amide bonds. The molecule has 2 saturated carbocycles. The van der Waals surface area contributed by atoms with Crippen LogP contribution in [0, 0.1) is 17.8 Å². The zero-order chi connectivity index (χ0) is 18.1. The van der Waals surface area contributed by atoms with Crippen LogP contribution in [0.15, 0.2) is 42.7 Å². The Morgan fingerprint density at radius 2 is 1.89 bits per heavy atom. The molecule has 2 atom stereocenters. The number of amides is 1. The molecule has 5 nitrogen and oxygen atoms in total. The molecular weight excluding hydrogens is 360 g/mol. The molecular formula is C21H29ClN4O. The van der Waals surface area contributed by atoms with Crippen LogP contribution in [0.5, 0.6) is 0 Å². The van der Waals surface area contributed by atoms with Crippen molar-refractivity contribution in [3.63, 3.8) is 0 Å². The van der Waals surface area contributed by atoms with Gasteiger partial charge in [0.2, 0.25) is 5.91 Å². The molecule has 0 aliphatic heterocycles. The average Bonchev–Trinajstić information content (AvgIpc) is 3.10. The molecule has 2 aliphatic carbocycles. The van der Waals surface area contributed by atoms with Gasteiger partial charge in [0.25, 0.3) is 0 Å². The van der Waals surface area contributed by atoms with Crippen molar-refractivity contribution in [3.8, 4) is 5.69 Å². The monoisotopic (exact) mass is 388 g/mol. The Balaban J connectivity index is 0.00000210. The van der Waals surface area contributed by atoms with Crippen LogP contribution in [0.4, 0.5) is 0 Å². The molecule has 0 spiro atoms. The number of para-hydroxylation sites is 1. The number of benzene rings is 1. The molecule has 2 unspecified atom stereocenters. The lowest BCUT2D eigenvalue weighted by atomic mass is 9.65. The minimum atomic E-state index is 0. The lowest BCUT2D eigenvalue weighted by molar-refractivity contribution is -0.137. The van der Waals surface area contributed by atoms with Gasteiger partial charge >= 0.3 is 0 Å². The number of carbonyl (C=O) groups is 1. The van der Waals surface area contributed by atoms with Gasteiger partial charge in [-0.05, 0) is 49.7 Å². The van der Waals surface area contributed by atoms with Crippen molar-refractivity contribution in [1.82, 2.24) is 14.7 Å². The van der Waals surface area contributed by atoms with Crippen LogP contribution in [0.3, 0.4) is 0 Å². The minimum absolute atomic E-state index is 0. The quantitative estimate of drug-likeness (QED) is 0.872. The third-order valence-electron chi connectivity index (χ3n) is 6.22. The number of hydrogen-bond donors (Lipinski definition) is 1. The van der Waals surface area contributed by atoms with Crippen LogP contribution in [0.25, 0.3) is 5.69 Å². The molecule has 2 aliphatic rings. The van der Waals surface area contributed by atoms with Gasteiger partial charge < -0.3 is 10.6 Å². The summed E-state index contributed by atoms with van der Waals surface area (Å²) in [6, 6.07) is 10.3. The maximum Gasteiger partial charge on any atom is 0.225 e. The van der Waals surface area contributed by atoms with Crippen molar-refractivity contribution < 1.29 is 4.79 Å². The van der Waals surface area contributed by atoms with Crippen molar-refractivity contribution in [1.29, 1.82) is 0 Å². The number of aromatic nitrogens is 2. The SMILES string of the molecule is CN(Cc1cnn(-c2ccccc2)c1)C(=O)C1CC2CCCC(C1)C2N.Cl. The molecule has 6 heteroatoms. The van der Waals surface area contributed by atoms with E-state index in [2.05, 4.69) is 5.10 Å². The van der Waals surface area contributed by atoms with Crippen LogP contribution in [-0.2, 0) is 11.3 Å². The van der Waals surface area contributed by atoms with Crippen molar-refractivity contribution in [3.05, 3.63) is 48.3 Å². The summed E-state index contributed by atoms with van der Waals surface area (Å²) in [6.45, 7) is 0.601. The Labute approximate surface area is 167 Å². The van der Waals surface area contributed by atoms with E-state index in [1.165, 1.54) is 19.3 Å². The average molecular weight is 389 g/mol. The molecule has 1 heterocycles. The first-order valence-corrected chi connectivity index (χ1v) is 9.71. The van der Waals surface area contributed by atoms with Crippen LogP contribution >= 0.6 is 12.4 Å². The largest absolute Gasteiger partial charge is 0.341 e. The molecule has 1 aromatic carbocycles. The fraction of sp³-hybridized carbons (Fsp3) is 0.524. The smallest absolute Gasteiger partial charge is 0.225 e. The second kappa shape index (κ2) is 8.44. The summed E-state index contributed by atoms with van der Waals surface area (Å²) in [5, 5.41) is 4.43. The highest BCUT2D eigenvalue weighted by atomic mass is 35.5. The highest BCUT2D eigenvalue weighted by molar-refractivity contribution is 5.85. The van der Waals surface area contributed by atoms with Crippen molar-refractivity contribution in [2.75, 3.05) is 7.05 Å². The summed E-state index contributed by atoms with van der Waals surface area (Å²) in [4.78, 5) is 14.8. The van der Waals surface area contributed by atoms with E-state index in [1.807, 2.05) is 59.4 Å². The molecule has 0 saturated heterocycles. The van der Waals surface area contributed by atoms with Crippen molar-refractivity contribution in [2.24, 2.45) is 23.5 Å². The maximum absolute atomic E-state index is 13.0. The molecule has 2 bridgehead atoms. The summed E-state index contributed by atoms with van der Waals surface area (Å²) in [7, 11) is 1.91. The molecule has 2 aromatic rings. The Kier molecular flexibility index (Phi) is 6.22. The number of fused-ring (bicyclic) bond motifs is 2. The van der Waals surface area contributed by atoms with E-state index in [-0.39, 0.29) is 24.2 Å². The zero-order valence-corrected chi connectivity index (χ0v) is 16.6. The first-order valence-electron chi connectivity index (χ1n) is 9.71. The summed E-state index contributed by atoms with van der Waals surface area (Å²) >= 11 is 0. The number of carbonyl (C=O) groups excluding carboxylic acids is 1. The molecule has 146 valence electrons. The van der Waals surface area contributed by atoms with Crippen LogP contribution in [-0.4, -0.2) is 33.7 Å². The van der Waals surface area contributed by atoms with E-state index in [9.17, 15) is 4.79 Å². The number of nitrogens with two attached hydrogens (primary N) is 1. The first kappa shape index (κ1) is 19.9. The van der Waals surface area contributed by atoms with Crippen LogP contribution in [0.2, 0.25) is 0 Å². The molecule has 1 aromatic heterocycles. The summed E-state index contributed by atoms with van der Waals surface area (Å²) in [6.07, 6.45) is 9.43. The van der Waals surface area contributed by atoms with Gasteiger partial charge in [0.05, 0.1) is 11.9 Å². The van der Waals surface area contributed by atoms with Gasteiger partial charge in [-0.3, -0.25) is 4.79 Å². The van der Waals surface area contributed by atoms with E-state index in [0.717, 1.165) is 24.1 Å². The third kappa shape index (κ3) is 4.19. The molecule has 4 rings (SSSR count). The third-order valence-corrected chi connectivity index (χ3v) is 6.22. The van der Waals surface area contributed by atoms with E-state index < -0.39 is 0 Å². The minimum Gasteiger partial charge on any atom is -0.341 e. The highest BCUT2D eigenvalue weighted by Gasteiger charge is 2.41. The van der Waals surface area contributed by atoms with E-state index in [0.29, 0.717) is 24.4 Å². The summed E-state index contributed by atoms with van der Waals surface area (Å²) < 4.78 is 1.86. The topological polar surface area (TPSA) is 64.2 Å². The molecule has 2 fully saturated rings. The van der Waals surface area contributed by atoms with Crippen LogP contribution in [0.1, 0.15) is 37.7 Å². The zero-order valence-electron chi connectivity index (χ0n) is 15.8. The highest BCUT2D eigenvalue weighted by Crippen LogP contribution is 2.42. The number of hydrogen-bond acceptors (Lipinski definition) is 3. The standard InChI is InChI=1S/C21H28N4O.ClH/c1-24(13-15-12-23-25(14-15)19-8-3-2-4-9-19)21(26)18-10-16-6-5-7-17(11-18)20(16)22;/h2-4,8-9,12,14,16-18,20H,5-7,10-11,13,22H2,1H3;1H. The Morgan fingerprint density at radius 1 is 1.22 bits per heavy atom. The normalized spacial score (nSPS) is 26.9. The molecule has 0 radical (unpaired) electrons. The van der Waals surface area contributed by atoms with Crippen molar-refractivity contribution >= 4 is 18.3 Å². The van der Waals surface area contributed by atoms with Gasteiger partial charge in [-0.1, -0.05) is 24.6 Å². The lowest BCUT2D eigenvalue weighted by Gasteiger charge is -2.44. The number of rotatable bonds is 4. The van der Waals surface area contributed by atoms with Gasteiger partial charge in [0.1, 0.15) is 0 Å². The van der Waals surface area contributed by atoms with Gasteiger partial charge in [0.15, 0.2) is 0 Å². The number of nitrogens with zero attached hydrogens (tertiary/aromatic N) is 3. The second-order valence-corrected chi connectivity index (χ2v) is 8.02. The van der Waals surface area contributed by atoms with E-state index in [4.69, 9.17) is 5.73 Å². The Bertz CT molecular complexity index is 749. The summed E-state index contributed by atoms with van der Waals surface area (Å²) in [5.74, 6) is 1.47. The predicted molar refractivity (Wildman–Crippen MR) is 109 cm³/mol. The predicted octanol–water partition coefficient (Wildman–Crippen LogP) is 3.41. The van der Waals surface area contributed by atoms with Gasteiger partial charge in [-0.2, -0.15) is 5.10 Å². The van der Waals surface area contributed by atoms with Gasteiger partial charge in [-0.15, -0.1) is 12.4 Å². The molecule has 27 heavy (non-hydrogen) atoms. The Morgan fingerprint density at radius 3 is 2.56 bits per heavy atom. The van der Waals surface area contributed by atoms with Gasteiger partial charge in [0, 0.05) is 37.3 Å². The fourth-order valence-corrected chi connectivity index (χ4v) is 4.82. The van der Waals surface area contributed by atoms with E-state index in [1.54, 1.807) is 0 Å². The summed E-state index contributed by atoms with van der Waals surface area (Å²) in [5.41, 5.74) is 8.45. The van der Waals surface area contributed by atoms with Crippen molar-refractivity contribution in [2.45, 2.75) is 44.7 Å². The molecule has 2 N–H and O–H groups in total. The fourth-order valence-electron chi connectivity index (χ4n) is 4.82. The Hall–Kier alpha value is -1.85. The first-order chi connectivity index (χ1) is 12.6. The van der Waals surface area contributed by atoms with E-state index >= 15 is 0 Å². The lowest BCUT2D eigenvalue weighted by Crippen LogP contribution is -2.49. The second-order valence-electron chi connectivity index (χ2n) is 8.02.